The Morgan fingerprint density at radius 3 is 2.67 bits per heavy atom. The van der Waals surface area contributed by atoms with Gasteiger partial charge in [-0.05, 0) is 99.7 Å². The summed E-state index contributed by atoms with van der Waals surface area (Å²) in [6.45, 7) is 12.9. The van der Waals surface area contributed by atoms with Gasteiger partial charge in [0.2, 0.25) is 0 Å². The third-order valence-corrected chi connectivity index (χ3v) is 8.81. The summed E-state index contributed by atoms with van der Waals surface area (Å²) in [5.41, 5.74) is 0.992. The summed E-state index contributed by atoms with van der Waals surface area (Å²) >= 11 is 3.60. The van der Waals surface area contributed by atoms with Crippen molar-refractivity contribution < 1.29 is 14.3 Å². The molecule has 2 aliphatic rings. The maximum atomic E-state index is 11.8. The Kier molecular flexibility index (Phi) is 7.46. The number of fused-ring (bicyclic) bond motifs is 1. The van der Waals surface area contributed by atoms with Crippen molar-refractivity contribution in [2.24, 2.45) is 23.2 Å². The molecule has 27 heavy (non-hydrogen) atoms. The van der Waals surface area contributed by atoms with E-state index >= 15 is 0 Å². The summed E-state index contributed by atoms with van der Waals surface area (Å²) in [6.07, 6.45) is 9.14. The zero-order valence-electron chi connectivity index (χ0n) is 18.1. The second-order valence-electron chi connectivity index (χ2n) is 10.4. The van der Waals surface area contributed by atoms with Crippen molar-refractivity contribution >= 4 is 30.2 Å². The number of carbonyl (C=O) groups is 1. The second kappa shape index (κ2) is 8.70. The van der Waals surface area contributed by atoms with Crippen LogP contribution in [-0.2, 0) is 9.22 Å². The normalized spacial score (nSPS) is 33.5. The summed E-state index contributed by atoms with van der Waals surface area (Å²) in [5, 5.41) is 9.71. The topological polar surface area (TPSA) is 46.5 Å². The van der Waals surface area contributed by atoms with E-state index in [2.05, 4.69) is 54.4 Å². The van der Waals surface area contributed by atoms with Gasteiger partial charge in [0.1, 0.15) is 0 Å². The molecule has 0 aromatic heterocycles. The number of hydrogen-bond donors (Lipinski definition) is 1. The average molecular weight is 460 g/mol. The fourth-order valence-corrected chi connectivity index (χ4v) is 8.07. The Balaban J connectivity index is 1.97. The molecule has 0 saturated heterocycles. The molecular weight excluding hydrogens is 420 g/mol. The van der Waals surface area contributed by atoms with E-state index in [4.69, 9.17) is 4.43 Å². The van der Waals surface area contributed by atoms with Crippen molar-refractivity contribution in [2.45, 2.75) is 97.4 Å². The standard InChI is InChI=1S/C22H39BrO3Si/c1-16(9-7-14-22(3,20(24)25)26-27(4,5)6)18-11-12-19-17(15-23)10-8-13-21(18,19)2/h15-16,18-19H,7-14H2,1-6H3,(H,24,25)/b17-15+/t16-,18-,19?,21-,22-/m1/s1. The first-order chi connectivity index (χ1) is 12.4. The van der Waals surface area contributed by atoms with E-state index in [1.807, 2.05) is 0 Å². The summed E-state index contributed by atoms with van der Waals surface area (Å²) in [4.78, 5) is 14.0. The molecule has 2 aliphatic carbocycles. The molecule has 0 aromatic carbocycles. The van der Waals surface area contributed by atoms with Crippen LogP contribution in [0.4, 0.5) is 0 Å². The minimum absolute atomic E-state index is 0.419. The molecule has 1 N–H and O–H groups in total. The van der Waals surface area contributed by atoms with Gasteiger partial charge in [-0.2, -0.15) is 0 Å². The van der Waals surface area contributed by atoms with Gasteiger partial charge in [0, 0.05) is 0 Å². The monoisotopic (exact) mass is 458 g/mol. The smallest absolute Gasteiger partial charge is 0.334 e. The van der Waals surface area contributed by atoms with Gasteiger partial charge >= 0.3 is 5.97 Å². The lowest BCUT2D eigenvalue weighted by molar-refractivity contribution is -0.155. The minimum atomic E-state index is -1.90. The molecule has 2 saturated carbocycles. The molecule has 2 fully saturated rings. The van der Waals surface area contributed by atoms with Crippen molar-refractivity contribution in [3.05, 3.63) is 10.6 Å². The molecule has 0 heterocycles. The molecule has 0 radical (unpaired) electrons. The molecule has 3 nitrogen and oxygen atoms in total. The van der Waals surface area contributed by atoms with Gasteiger partial charge in [-0.3, -0.25) is 0 Å². The first-order valence-electron chi connectivity index (χ1n) is 10.7. The molecule has 156 valence electrons. The molecule has 2 rings (SSSR count). The Hall–Kier alpha value is -0.133. The lowest BCUT2D eigenvalue weighted by Crippen LogP contribution is -2.46. The number of rotatable bonds is 8. The number of carboxylic acid groups (broad SMARTS) is 1. The predicted octanol–water partition coefficient (Wildman–Crippen LogP) is 6.98. The number of halogens is 1. The fraction of sp³-hybridized carbons (Fsp3) is 0.864. The van der Waals surface area contributed by atoms with E-state index in [9.17, 15) is 9.90 Å². The van der Waals surface area contributed by atoms with Gasteiger partial charge in [0.25, 0.3) is 0 Å². The highest BCUT2D eigenvalue weighted by Crippen LogP contribution is 2.60. The molecule has 0 amide bonds. The molecule has 0 bridgehead atoms. The van der Waals surface area contributed by atoms with Gasteiger partial charge in [-0.25, -0.2) is 4.79 Å². The highest BCUT2D eigenvalue weighted by molar-refractivity contribution is 9.11. The van der Waals surface area contributed by atoms with Crippen LogP contribution in [0.2, 0.25) is 19.6 Å². The van der Waals surface area contributed by atoms with Gasteiger partial charge in [-0.1, -0.05) is 41.8 Å². The van der Waals surface area contributed by atoms with Crippen LogP contribution in [0.5, 0.6) is 0 Å². The maximum Gasteiger partial charge on any atom is 0.334 e. The molecule has 1 unspecified atom stereocenters. The van der Waals surface area contributed by atoms with E-state index < -0.39 is 19.9 Å². The largest absolute Gasteiger partial charge is 0.479 e. The van der Waals surface area contributed by atoms with E-state index in [0.29, 0.717) is 17.8 Å². The van der Waals surface area contributed by atoms with Gasteiger partial charge in [0.15, 0.2) is 13.9 Å². The number of allylic oxidation sites excluding steroid dienone is 1. The fourth-order valence-electron chi connectivity index (χ4n) is 5.99. The molecule has 0 aromatic rings. The van der Waals surface area contributed by atoms with Crippen molar-refractivity contribution in [3.8, 4) is 0 Å². The van der Waals surface area contributed by atoms with Crippen molar-refractivity contribution in [1.82, 2.24) is 0 Å². The van der Waals surface area contributed by atoms with Crippen LogP contribution in [0.3, 0.4) is 0 Å². The zero-order valence-corrected chi connectivity index (χ0v) is 20.7. The molecular formula is C22H39BrO3Si. The van der Waals surface area contributed by atoms with E-state index in [1.54, 1.807) is 12.5 Å². The predicted molar refractivity (Wildman–Crippen MR) is 119 cm³/mol. The van der Waals surface area contributed by atoms with E-state index in [-0.39, 0.29) is 0 Å². The molecule has 5 heteroatoms. The Morgan fingerprint density at radius 2 is 2.11 bits per heavy atom. The second-order valence-corrected chi connectivity index (χ2v) is 15.3. The summed E-state index contributed by atoms with van der Waals surface area (Å²) < 4.78 is 6.06. The third-order valence-electron chi connectivity index (χ3n) is 7.16. The number of aliphatic carboxylic acids is 1. The summed E-state index contributed by atoms with van der Waals surface area (Å²) in [7, 11) is -1.90. The highest BCUT2D eigenvalue weighted by atomic mass is 79.9. The van der Waals surface area contributed by atoms with Crippen LogP contribution in [0.15, 0.2) is 10.6 Å². The van der Waals surface area contributed by atoms with Crippen molar-refractivity contribution in [3.63, 3.8) is 0 Å². The lowest BCUT2D eigenvalue weighted by Gasteiger charge is -2.44. The quantitative estimate of drug-likeness (QED) is 0.398. The molecule has 0 aliphatic heterocycles. The molecule has 5 atom stereocenters. The van der Waals surface area contributed by atoms with Crippen LogP contribution in [0.1, 0.15) is 72.1 Å². The third kappa shape index (κ3) is 5.27. The van der Waals surface area contributed by atoms with Crippen molar-refractivity contribution in [1.29, 1.82) is 0 Å². The lowest BCUT2D eigenvalue weighted by atomic mass is 9.61. The van der Waals surface area contributed by atoms with Crippen LogP contribution in [0.25, 0.3) is 0 Å². The first-order valence-corrected chi connectivity index (χ1v) is 15.0. The maximum absolute atomic E-state index is 11.8. The van der Waals surface area contributed by atoms with E-state index in [0.717, 1.165) is 24.7 Å². The Bertz CT molecular complexity index is 570. The van der Waals surface area contributed by atoms with Crippen LogP contribution in [0, 0.1) is 23.2 Å². The summed E-state index contributed by atoms with van der Waals surface area (Å²) in [6, 6.07) is 0. The first kappa shape index (κ1) is 23.1. The number of carboxylic acids is 1. The average Bonchev–Trinajstić information content (AvgIpc) is 2.89. The van der Waals surface area contributed by atoms with Crippen LogP contribution >= 0.6 is 15.9 Å². The van der Waals surface area contributed by atoms with Gasteiger partial charge < -0.3 is 9.53 Å². The van der Waals surface area contributed by atoms with Gasteiger partial charge in [-0.15, -0.1) is 0 Å². The SMILES string of the molecule is C[C@H](CCC[C@@](C)(O[Si](C)(C)C)C(=O)O)[C@H]1CCC2/C(=C/Br)CCC[C@@]21C. The van der Waals surface area contributed by atoms with Crippen LogP contribution in [-0.4, -0.2) is 25.0 Å². The zero-order chi connectivity index (χ0) is 20.5. The van der Waals surface area contributed by atoms with Gasteiger partial charge in [0.05, 0.1) is 0 Å². The molecule has 0 spiro atoms. The highest BCUT2D eigenvalue weighted by Gasteiger charge is 2.50. The number of hydrogen-bond acceptors (Lipinski definition) is 2. The van der Waals surface area contributed by atoms with Crippen molar-refractivity contribution in [2.75, 3.05) is 0 Å². The Labute approximate surface area is 175 Å². The van der Waals surface area contributed by atoms with Crippen LogP contribution < -0.4 is 0 Å². The van der Waals surface area contributed by atoms with E-state index in [1.165, 1.54) is 32.1 Å². The summed E-state index contributed by atoms with van der Waals surface area (Å²) in [5.74, 6) is 1.31. The Morgan fingerprint density at radius 1 is 1.44 bits per heavy atom. The minimum Gasteiger partial charge on any atom is -0.479 e.